The molecule has 0 saturated heterocycles. The van der Waals surface area contributed by atoms with E-state index >= 15 is 0 Å². The van der Waals surface area contributed by atoms with E-state index in [0.29, 0.717) is 10.7 Å². The Labute approximate surface area is 83.3 Å². The summed E-state index contributed by atoms with van der Waals surface area (Å²) in [5, 5.41) is 11.8. The van der Waals surface area contributed by atoms with Crippen molar-refractivity contribution in [1.82, 2.24) is 25.0 Å². The molecule has 3 aromatic rings. The maximum Gasteiger partial charge on any atom is 0.198 e. The van der Waals surface area contributed by atoms with Gasteiger partial charge in [0.2, 0.25) is 0 Å². The Morgan fingerprint density at radius 3 is 3.14 bits per heavy atom. The molecule has 2 aromatic heterocycles. The number of aromatic nitrogens is 5. The first-order valence-electron chi connectivity index (χ1n) is 3.97. The van der Waals surface area contributed by atoms with Gasteiger partial charge in [0.05, 0.1) is 17.2 Å². The zero-order valence-electron chi connectivity index (χ0n) is 6.92. The standard InChI is InChI=1S/C8H4ClN5/c9-5-1-2-6-7(3-5)14-8(4-10-6)11-12-13-14/h1-4H. The van der Waals surface area contributed by atoms with Crippen LogP contribution < -0.4 is 0 Å². The van der Waals surface area contributed by atoms with Gasteiger partial charge in [-0.3, -0.25) is 4.98 Å². The average Bonchev–Trinajstić information content (AvgIpc) is 2.65. The van der Waals surface area contributed by atoms with Gasteiger partial charge in [-0.25, -0.2) is 0 Å². The molecule has 5 nitrogen and oxygen atoms in total. The highest BCUT2D eigenvalue weighted by Gasteiger charge is 2.03. The van der Waals surface area contributed by atoms with Crippen molar-refractivity contribution in [2.45, 2.75) is 0 Å². The number of benzene rings is 1. The third-order valence-corrected chi connectivity index (χ3v) is 2.21. The lowest BCUT2D eigenvalue weighted by molar-refractivity contribution is 0.841. The molecule has 0 bridgehead atoms. The van der Waals surface area contributed by atoms with Gasteiger partial charge in [-0.15, -0.1) is 5.10 Å². The molecule has 3 rings (SSSR count). The summed E-state index contributed by atoms with van der Waals surface area (Å²) in [5.74, 6) is 0. The van der Waals surface area contributed by atoms with Gasteiger partial charge in [-0.05, 0) is 28.6 Å². The van der Waals surface area contributed by atoms with Crippen molar-refractivity contribution in [2.24, 2.45) is 0 Å². The molecule has 14 heavy (non-hydrogen) atoms. The number of rotatable bonds is 0. The maximum atomic E-state index is 5.88. The zero-order chi connectivity index (χ0) is 9.54. The predicted molar refractivity (Wildman–Crippen MR) is 51.1 cm³/mol. The highest BCUT2D eigenvalue weighted by Crippen LogP contribution is 2.17. The lowest BCUT2D eigenvalue weighted by atomic mass is 10.3. The molecule has 0 unspecified atom stereocenters. The second kappa shape index (κ2) is 2.62. The van der Waals surface area contributed by atoms with Crippen LogP contribution in [0.1, 0.15) is 0 Å². The van der Waals surface area contributed by atoms with Crippen LogP contribution in [0.2, 0.25) is 5.02 Å². The van der Waals surface area contributed by atoms with Crippen LogP contribution >= 0.6 is 11.6 Å². The van der Waals surface area contributed by atoms with E-state index in [1.165, 1.54) is 0 Å². The van der Waals surface area contributed by atoms with Crippen LogP contribution in [0.15, 0.2) is 24.4 Å². The third kappa shape index (κ3) is 0.958. The minimum Gasteiger partial charge on any atom is -0.251 e. The van der Waals surface area contributed by atoms with Gasteiger partial charge >= 0.3 is 0 Å². The van der Waals surface area contributed by atoms with E-state index in [0.717, 1.165) is 11.0 Å². The number of hydrogen-bond acceptors (Lipinski definition) is 4. The largest absolute Gasteiger partial charge is 0.251 e. The molecule has 6 heteroatoms. The minimum atomic E-state index is 0.611. The fraction of sp³-hybridized carbons (Fsp3) is 0. The Hall–Kier alpha value is -1.75. The van der Waals surface area contributed by atoms with Gasteiger partial charge in [-0.2, -0.15) is 4.52 Å². The van der Waals surface area contributed by atoms with E-state index in [4.69, 9.17) is 11.6 Å². The van der Waals surface area contributed by atoms with E-state index in [9.17, 15) is 0 Å². The SMILES string of the molecule is Clc1ccc2ncc3nnnn3c2c1. The van der Waals surface area contributed by atoms with E-state index in [1.54, 1.807) is 22.8 Å². The second-order valence-corrected chi connectivity index (χ2v) is 3.28. The molecule has 0 aliphatic rings. The zero-order valence-corrected chi connectivity index (χ0v) is 7.68. The van der Waals surface area contributed by atoms with Gasteiger partial charge < -0.3 is 0 Å². The molecule has 0 saturated carbocycles. The van der Waals surface area contributed by atoms with E-state index in [1.807, 2.05) is 6.07 Å². The van der Waals surface area contributed by atoms with Crippen LogP contribution in [0.25, 0.3) is 16.7 Å². The first-order chi connectivity index (χ1) is 6.84. The van der Waals surface area contributed by atoms with Crippen molar-refractivity contribution in [2.75, 3.05) is 0 Å². The van der Waals surface area contributed by atoms with Crippen molar-refractivity contribution in [3.8, 4) is 0 Å². The molecule has 68 valence electrons. The maximum absolute atomic E-state index is 5.88. The van der Waals surface area contributed by atoms with Gasteiger partial charge in [0.1, 0.15) is 0 Å². The van der Waals surface area contributed by atoms with Gasteiger partial charge in [0.25, 0.3) is 0 Å². The molecule has 0 spiro atoms. The van der Waals surface area contributed by atoms with Crippen LogP contribution in [0.4, 0.5) is 0 Å². The van der Waals surface area contributed by atoms with E-state index < -0.39 is 0 Å². The first-order valence-corrected chi connectivity index (χ1v) is 4.35. The topological polar surface area (TPSA) is 56.0 Å². The van der Waals surface area contributed by atoms with Crippen molar-refractivity contribution >= 4 is 28.3 Å². The van der Waals surface area contributed by atoms with Crippen molar-refractivity contribution in [1.29, 1.82) is 0 Å². The Kier molecular flexibility index (Phi) is 1.43. The third-order valence-electron chi connectivity index (χ3n) is 1.98. The number of halogens is 1. The monoisotopic (exact) mass is 205 g/mol. The van der Waals surface area contributed by atoms with Crippen molar-refractivity contribution < 1.29 is 0 Å². The first kappa shape index (κ1) is 7.64. The van der Waals surface area contributed by atoms with Crippen molar-refractivity contribution in [3.05, 3.63) is 29.4 Å². The molecule has 1 aromatic carbocycles. The number of tetrazole rings is 1. The minimum absolute atomic E-state index is 0.611. The average molecular weight is 206 g/mol. The highest BCUT2D eigenvalue weighted by atomic mass is 35.5. The summed E-state index contributed by atoms with van der Waals surface area (Å²) in [6.07, 6.45) is 1.62. The summed E-state index contributed by atoms with van der Waals surface area (Å²) >= 11 is 5.88. The van der Waals surface area contributed by atoms with Crippen LogP contribution in [0.3, 0.4) is 0 Å². The van der Waals surface area contributed by atoms with Gasteiger partial charge in [-0.1, -0.05) is 11.6 Å². The van der Waals surface area contributed by atoms with Gasteiger partial charge in [0, 0.05) is 5.02 Å². The molecule has 0 amide bonds. The summed E-state index contributed by atoms with van der Waals surface area (Å²) < 4.78 is 1.61. The predicted octanol–water partition coefficient (Wildman–Crippen LogP) is 1.33. The molecule has 0 atom stereocenters. The molecule has 2 heterocycles. The summed E-state index contributed by atoms with van der Waals surface area (Å²) in [4.78, 5) is 4.20. The summed E-state index contributed by atoms with van der Waals surface area (Å²) in [6.45, 7) is 0. The quantitative estimate of drug-likeness (QED) is 0.556. The molecule has 0 N–H and O–H groups in total. The van der Waals surface area contributed by atoms with Crippen LogP contribution in [-0.2, 0) is 0 Å². The molecule has 0 radical (unpaired) electrons. The molecular formula is C8H4ClN5. The molecule has 0 aliphatic carbocycles. The smallest absolute Gasteiger partial charge is 0.198 e. The molecule has 0 fully saturated rings. The van der Waals surface area contributed by atoms with Crippen LogP contribution in [0, 0.1) is 0 Å². The Morgan fingerprint density at radius 1 is 1.29 bits per heavy atom. The fourth-order valence-electron chi connectivity index (χ4n) is 1.35. The van der Waals surface area contributed by atoms with E-state index in [-0.39, 0.29) is 0 Å². The highest BCUT2D eigenvalue weighted by molar-refractivity contribution is 6.31. The van der Waals surface area contributed by atoms with Crippen LogP contribution in [0.5, 0.6) is 0 Å². The second-order valence-electron chi connectivity index (χ2n) is 2.84. The molecular weight excluding hydrogens is 202 g/mol. The van der Waals surface area contributed by atoms with Crippen molar-refractivity contribution in [3.63, 3.8) is 0 Å². The Bertz CT molecular complexity index is 617. The normalized spacial score (nSPS) is 11.2. The number of nitrogens with zero attached hydrogens (tertiary/aromatic N) is 5. The Morgan fingerprint density at radius 2 is 2.21 bits per heavy atom. The Balaban J connectivity index is 2.60. The lowest BCUT2D eigenvalue weighted by Crippen LogP contribution is -1.92. The summed E-state index contributed by atoms with van der Waals surface area (Å²) in [6, 6.07) is 5.40. The molecule has 0 aliphatic heterocycles. The van der Waals surface area contributed by atoms with Crippen LogP contribution in [-0.4, -0.2) is 25.0 Å². The fourth-order valence-corrected chi connectivity index (χ4v) is 1.52. The number of hydrogen-bond donors (Lipinski definition) is 0. The summed E-state index contributed by atoms with van der Waals surface area (Å²) in [5.41, 5.74) is 2.23. The van der Waals surface area contributed by atoms with E-state index in [2.05, 4.69) is 20.5 Å². The number of fused-ring (bicyclic) bond motifs is 3. The van der Waals surface area contributed by atoms with Gasteiger partial charge in [0.15, 0.2) is 5.65 Å². The lowest BCUT2D eigenvalue weighted by Gasteiger charge is -1.98. The summed E-state index contributed by atoms with van der Waals surface area (Å²) in [7, 11) is 0.